The summed E-state index contributed by atoms with van der Waals surface area (Å²) in [5, 5.41) is 0. The van der Waals surface area contributed by atoms with Gasteiger partial charge in [0.25, 0.3) is 5.91 Å². The monoisotopic (exact) mass is 307 g/mol. The Morgan fingerprint density at radius 2 is 2.00 bits per heavy atom. The van der Waals surface area contributed by atoms with Crippen LogP contribution in [0.25, 0.3) is 0 Å². The Kier molecular flexibility index (Phi) is 3.56. The van der Waals surface area contributed by atoms with Crippen molar-refractivity contribution in [1.82, 2.24) is 0 Å². The van der Waals surface area contributed by atoms with Crippen molar-refractivity contribution >= 4 is 28.5 Å². The summed E-state index contributed by atoms with van der Waals surface area (Å²) in [7, 11) is 2.97. The van der Waals surface area contributed by atoms with Gasteiger partial charge in [0.15, 0.2) is 0 Å². The number of rotatable bonds is 3. The van der Waals surface area contributed by atoms with Gasteiger partial charge < -0.3 is 15.2 Å². The van der Waals surface area contributed by atoms with Gasteiger partial charge in [0.05, 0.1) is 17.8 Å². The van der Waals surface area contributed by atoms with Gasteiger partial charge in [-0.15, -0.1) is 0 Å². The van der Waals surface area contributed by atoms with Crippen LogP contribution in [0.2, 0.25) is 0 Å². The third-order valence-corrected chi connectivity index (χ3v) is 2.59. The molecular formula is C9H10INO3. The average Bonchev–Trinajstić information content (AvgIpc) is 2.17. The lowest BCUT2D eigenvalue weighted by Gasteiger charge is -2.11. The molecular weight excluding hydrogens is 297 g/mol. The highest BCUT2D eigenvalue weighted by Crippen LogP contribution is 2.32. The van der Waals surface area contributed by atoms with Gasteiger partial charge in [-0.05, 0) is 34.7 Å². The van der Waals surface area contributed by atoms with E-state index in [-0.39, 0.29) is 5.56 Å². The number of carbonyl (C=O) groups excluding carboxylic acids is 1. The molecule has 1 aromatic carbocycles. The van der Waals surface area contributed by atoms with Gasteiger partial charge in [-0.3, -0.25) is 4.79 Å². The number of halogens is 1. The zero-order chi connectivity index (χ0) is 10.7. The maximum absolute atomic E-state index is 11.2. The van der Waals surface area contributed by atoms with Crippen molar-refractivity contribution in [2.45, 2.75) is 0 Å². The standard InChI is InChI=1S/C9H10INO3/c1-13-6-4-3-5(10)8(14-2)7(6)9(11)12/h3-4H,1-2H3,(H2,11,12). The molecule has 0 aliphatic rings. The van der Waals surface area contributed by atoms with E-state index in [2.05, 4.69) is 22.6 Å². The normalized spacial score (nSPS) is 9.64. The Hall–Kier alpha value is -0.980. The summed E-state index contributed by atoms with van der Waals surface area (Å²) in [5.41, 5.74) is 5.51. The van der Waals surface area contributed by atoms with Crippen LogP contribution in [0, 0.1) is 3.57 Å². The van der Waals surface area contributed by atoms with Crippen molar-refractivity contribution in [3.8, 4) is 11.5 Å². The molecule has 0 aliphatic carbocycles. The van der Waals surface area contributed by atoms with Gasteiger partial charge >= 0.3 is 0 Å². The van der Waals surface area contributed by atoms with Gasteiger partial charge in [0.1, 0.15) is 17.1 Å². The molecule has 4 nitrogen and oxygen atoms in total. The van der Waals surface area contributed by atoms with E-state index < -0.39 is 5.91 Å². The van der Waals surface area contributed by atoms with E-state index in [4.69, 9.17) is 15.2 Å². The second kappa shape index (κ2) is 4.50. The topological polar surface area (TPSA) is 61.6 Å². The predicted octanol–water partition coefficient (Wildman–Crippen LogP) is 1.41. The SMILES string of the molecule is COc1ccc(I)c(OC)c1C(N)=O. The quantitative estimate of drug-likeness (QED) is 0.859. The molecule has 0 saturated heterocycles. The van der Waals surface area contributed by atoms with Gasteiger partial charge in [-0.2, -0.15) is 0 Å². The number of hydrogen-bond acceptors (Lipinski definition) is 3. The number of primary amides is 1. The molecule has 0 aromatic heterocycles. The minimum Gasteiger partial charge on any atom is -0.496 e. The fraction of sp³-hybridized carbons (Fsp3) is 0.222. The molecule has 1 rings (SSSR count). The molecule has 76 valence electrons. The molecule has 0 fully saturated rings. The molecule has 0 spiro atoms. The lowest BCUT2D eigenvalue weighted by atomic mass is 10.1. The van der Waals surface area contributed by atoms with Crippen LogP contribution < -0.4 is 15.2 Å². The second-order valence-corrected chi connectivity index (χ2v) is 3.68. The summed E-state index contributed by atoms with van der Waals surface area (Å²) < 4.78 is 10.9. The van der Waals surface area contributed by atoms with Crippen LogP contribution >= 0.6 is 22.6 Å². The average molecular weight is 307 g/mol. The van der Waals surface area contributed by atoms with Crippen molar-refractivity contribution in [3.05, 3.63) is 21.3 Å². The number of methoxy groups -OCH3 is 2. The lowest BCUT2D eigenvalue weighted by molar-refractivity contribution is 0.0994. The molecule has 0 aliphatic heterocycles. The fourth-order valence-corrected chi connectivity index (χ4v) is 1.81. The molecule has 0 heterocycles. The van der Waals surface area contributed by atoms with E-state index in [0.29, 0.717) is 11.5 Å². The Balaban J connectivity index is 3.43. The fourth-order valence-electron chi connectivity index (χ4n) is 1.14. The first kappa shape index (κ1) is 11.1. The van der Waals surface area contributed by atoms with E-state index in [1.54, 1.807) is 12.1 Å². The molecule has 0 bridgehead atoms. The minimum absolute atomic E-state index is 0.280. The molecule has 2 N–H and O–H groups in total. The summed E-state index contributed by atoms with van der Waals surface area (Å²) >= 11 is 2.06. The lowest BCUT2D eigenvalue weighted by Crippen LogP contribution is -2.14. The molecule has 14 heavy (non-hydrogen) atoms. The van der Waals surface area contributed by atoms with Gasteiger partial charge in [0.2, 0.25) is 0 Å². The molecule has 0 atom stereocenters. The first-order valence-corrected chi connectivity index (χ1v) is 4.90. The maximum Gasteiger partial charge on any atom is 0.256 e. The molecule has 5 heteroatoms. The van der Waals surface area contributed by atoms with Crippen molar-refractivity contribution in [3.63, 3.8) is 0 Å². The zero-order valence-electron chi connectivity index (χ0n) is 7.83. The smallest absolute Gasteiger partial charge is 0.256 e. The Morgan fingerprint density at radius 1 is 1.36 bits per heavy atom. The van der Waals surface area contributed by atoms with Crippen molar-refractivity contribution in [2.75, 3.05) is 14.2 Å². The molecule has 1 amide bonds. The number of amides is 1. The first-order valence-electron chi connectivity index (χ1n) is 3.82. The van der Waals surface area contributed by atoms with Crippen molar-refractivity contribution in [2.24, 2.45) is 5.73 Å². The van der Waals surface area contributed by atoms with Crippen LogP contribution in [-0.4, -0.2) is 20.1 Å². The molecule has 0 radical (unpaired) electrons. The zero-order valence-corrected chi connectivity index (χ0v) is 9.99. The number of ether oxygens (including phenoxy) is 2. The summed E-state index contributed by atoms with van der Waals surface area (Å²) in [6.07, 6.45) is 0. The molecule has 0 saturated carbocycles. The number of nitrogens with two attached hydrogens (primary N) is 1. The van der Waals surface area contributed by atoms with Crippen LogP contribution in [-0.2, 0) is 0 Å². The summed E-state index contributed by atoms with van der Waals surface area (Å²) in [5.74, 6) is 0.324. The van der Waals surface area contributed by atoms with Gasteiger partial charge in [0, 0.05) is 0 Å². The first-order chi connectivity index (χ1) is 6.61. The Labute approximate surface area is 95.5 Å². The van der Waals surface area contributed by atoms with Crippen LogP contribution in [0.4, 0.5) is 0 Å². The van der Waals surface area contributed by atoms with E-state index in [1.807, 2.05) is 0 Å². The highest BCUT2D eigenvalue weighted by atomic mass is 127. The summed E-state index contributed by atoms with van der Waals surface area (Å²) in [4.78, 5) is 11.2. The van der Waals surface area contributed by atoms with Gasteiger partial charge in [-0.25, -0.2) is 0 Å². The minimum atomic E-state index is -0.558. The largest absolute Gasteiger partial charge is 0.496 e. The molecule has 0 unspecified atom stereocenters. The van der Waals surface area contributed by atoms with Crippen LogP contribution in [0.5, 0.6) is 11.5 Å². The molecule has 1 aromatic rings. The third kappa shape index (κ3) is 1.92. The summed E-state index contributed by atoms with van der Waals surface area (Å²) in [6, 6.07) is 3.48. The van der Waals surface area contributed by atoms with E-state index in [1.165, 1.54) is 14.2 Å². The highest BCUT2D eigenvalue weighted by Gasteiger charge is 2.17. The Morgan fingerprint density at radius 3 is 2.43 bits per heavy atom. The van der Waals surface area contributed by atoms with E-state index in [9.17, 15) is 4.79 Å². The van der Waals surface area contributed by atoms with E-state index in [0.717, 1.165) is 3.57 Å². The van der Waals surface area contributed by atoms with E-state index >= 15 is 0 Å². The van der Waals surface area contributed by atoms with Gasteiger partial charge in [-0.1, -0.05) is 0 Å². The van der Waals surface area contributed by atoms with Crippen molar-refractivity contribution < 1.29 is 14.3 Å². The van der Waals surface area contributed by atoms with Crippen molar-refractivity contribution in [1.29, 1.82) is 0 Å². The number of carbonyl (C=O) groups is 1. The highest BCUT2D eigenvalue weighted by molar-refractivity contribution is 14.1. The second-order valence-electron chi connectivity index (χ2n) is 2.52. The number of benzene rings is 1. The van der Waals surface area contributed by atoms with Crippen LogP contribution in [0.15, 0.2) is 12.1 Å². The van der Waals surface area contributed by atoms with Crippen LogP contribution in [0.3, 0.4) is 0 Å². The summed E-state index contributed by atoms with van der Waals surface area (Å²) in [6.45, 7) is 0. The number of hydrogen-bond donors (Lipinski definition) is 1. The predicted molar refractivity (Wildman–Crippen MR) is 60.8 cm³/mol. The van der Waals surface area contributed by atoms with Crippen LogP contribution in [0.1, 0.15) is 10.4 Å². The maximum atomic E-state index is 11.2. The Bertz CT molecular complexity index is 365. The third-order valence-electron chi connectivity index (χ3n) is 1.74.